The van der Waals surface area contributed by atoms with Crippen molar-refractivity contribution in [3.63, 3.8) is 0 Å². The number of likely N-dealkylation sites (tertiary alicyclic amines) is 1. The van der Waals surface area contributed by atoms with Crippen LogP contribution in [0, 0.1) is 12.8 Å². The summed E-state index contributed by atoms with van der Waals surface area (Å²) in [6, 6.07) is 5.51. The molecule has 2 rings (SSSR count). The van der Waals surface area contributed by atoms with Crippen LogP contribution in [-0.2, 0) is 4.79 Å². The van der Waals surface area contributed by atoms with E-state index in [4.69, 9.17) is 4.74 Å². The van der Waals surface area contributed by atoms with Gasteiger partial charge in [-0.2, -0.15) is 0 Å². The van der Waals surface area contributed by atoms with Gasteiger partial charge in [0.05, 0.1) is 19.2 Å². The predicted octanol–water partition coefficient (Wildman–Crippen LogP) is 2.83. The number of amides is 1. The minimum atomic E-state index is -0.0580. The summed E-state index contributed by atoms with van der Waals surface area (Å²) in [6.45, 7) is 4.93. The highest BCUT2D eigenvalue weighted by atomic mass is 16.5. The highest BCUT2D eigenvalue weighted by molar-refractivity contribution is 6.01. The average Bonchev–Trinajstić information content (AvgIpc) is 2.79. The first-order valence-electron chi connectivity index (χ1n) is 7.50. The van der Waals surface area contributed by atoms with Gasteiger partial charge in [0.25, 0.3) is 0 Å². The first-order valence-corrected chi connectivity index (χ1v) is 7.50. The van der Waals surface area contributed by atoms with Crippen LogP contribution in [0.15, 0.2) is 18.2 Å². The molecule has 1 aromatic rings. The molecule has 21 heavy (non-hydrogen) atoms. The molecule has 0 spiro atoms. The zero-order chi connectivity index (χ0) is 15.4. The number of methoxy groups -OCH3 is 1. The number of ether oxygens (including phenoxy) is 1. The lowest BCUT2D eigenvalue weighted by Gasteiger charge is -2.17. The number of hydrogen-bond donors (Lipinski definition) is 0. The molecular formula is C17H23NO3. The molecule has 1 aliphatic rings. The first-order chi connectivity index (χ1) is 10.0. The van der Waals surface area contributed by atoms with Crippen LogP contribution in [-0.4, -0.2) is 36.8 Å². The highest BCUT2D eigenvalue weighted by Crippen LogP contribution is 2.24. The largest absolute Gasteiger partial charge is 0.496 e. The lowest BCUT2D eigenvalue weighted by atomic mass is 10.0. The molecule has 0 aromatic heterocycles. The third-order valence-corrected chi connectivity index (χ3v) is 3.98. The molecule has 1 amide bonds. The summed E-state index contributed by atoms with van der Waals surface area (Å²) in [5, 5.41) is 0. The van der Waals surface area contributed by atoms with Gasteiger partial charge in [0, 0.05) is 13.0 Å². The Morgan fingerprint density at radius 3 is 2.86 bits per heavy atom. The van der Waals surface area contributed by atoms with Crippen LogP contribution < -0.4 is 4.74 Å². The molecule has 0 bridgehead atoms. The number of ketones is 1. The van der Waals surface area contributed by atoms with Gasteiger partial charge in [-0.25, -0.2) is 0 Å². The Balaban J connectivity index is 2.07. The van der Waals surface area contributed by atoms with Gasteiger partial charge >= 0.3 is 0 Å². The maximum Gasteiger partial charge on any atom is 0.223 e. The fourth-order valence-electron chi connectivity index (χ4n) is 2.90. The summed E-state index contributed by atoms with van der Waals surface area (Å²) in [4.78, 5) is 26.1. The molecule has 4 heteroatoms. The highest BCUT2D eigenvalue weighted by Gasteiger charge is 2.30. The molecule has 0 N–H and O–H groups in total. The fourth-order valence-corrected chi connectivity index (χ4v) is 2.90. The smallest absolute Gasteiger partial charge is 0.223 e. The van der Waals surface area contributed by atoms with Crippen molar-refractivity contribution >= 4 is 11.7 Å². The fraction of sp³-hybridized carbons (Fsp3) is 0.529. The monoisotopic (exact) mass is 289 g/mol. The maximum atomic E-state index is 12.4. The van der Waals surface area contributed by atoms with E-state index in [1.807, 2.05) is 19.1 Å². The van der Waals surface area contributed by atoms with Gasteiger partial charge in [-0.15, -0.1) is 0 Å². The zero-order valence-corrected chi connectivity index (χ0v) is 13.0. The molecule has 4 nitrogen and oxygen atoms in total. The van der Waals surface area contributed by atoms with E-state index in [9.17, 15) is 9.59 Å². The second kappa shape index (κ2) is 6.74. The van der Waals surface area contributed by atoms with E-state index in [0.29, 0.717) is 30.2 Å². The minimum absolute atomic E-state index is 0.0580. The molecule has 1 aromatic carbocycles. The molecule has 114 valence electrons. The Morgan fingerprint density at radius 1 is 1.43 bits per heavy atom. The summed E-state index contributed by atoms with van der Waals surface area (Å²) in [7, 11) is 1.56. The summed E-state index contributed by atoms with van der Waals surface area (Å²) in [5.74, 6) is 1.01. The van der Waals surface area contributed by atoms with Crippen LogP contribution >= 0.6 is 0 Å². The van der Waals surface area contributed by atoms with Crippen molar-refractivity contribution < 1.29 is 14.3 Å². The van der Waals surface area contributed by atoms with Crippen LogP contribution in [0.25, 0.3) is 0 Å². The van der Waals surface area contributed by atoms with E-state index >= 15 is 0 Å². The third kappa shape index (κ3) is 3.63. The van der Waals surface area contributed by atoms with E-state index in [1.54, 1.807) is 18.1 Å². The molecule has 0 saturated carbocycles. The van der Waals surface area contributed by atoms with Gasteiger partial charge in [0.2, 0.25) is 5.91 Å². The van der Waals surface area contributed by atoms with E-state index in [0.717, 1.165) is 18.4 Å². The van der Waals surface area contributed by atoms with Crippen molar-refractivity contribution in [3.8, 4) is 5.75 Å². The topological polar surface area (TPSA) is 46.6 Å². The Kier molecular flexibility index (Phi) is 4.99. The van der Waals surface area contributed by atoms with E-state index < -0.39 is 0 Å². The Hall–Kier alpha value is -1.84. The number of rotatable bonds is 6. The second-order valence-corrected chi connectivity index (χ2v) is 5.76. The average molecular weight is 289 g/mol. The van der Waals surface area contributed by atoms with Crippen molar-refractivity contribution in [1.82, 2.24) is 4.90 Å². The van der Waals surface area contributed by atoms with Crippen LogP contribution in [0.1, 0.15) is 42.1 Å². The van der Waals surface area contributed by atoms with Gasteiger partial charge in [-0.1, -0.05) is 19.4 Å². The molecule has 1 fully saturated rings. The summed E-state index contributed by atoms with van der Waals surface area (Å²) >= 11 is 0. The number of carbonyl (C=O) groups is 2. The number of nitrogens with zero attached hydrogens (tertiary/aromatic N) is 1. The molecule has 1 atom stereocenters. The van der Waals surface area contributed by atoms with Gasteiger partial charge in [-0.3, -0.25) is 9.59 Å². The number of aryl methyl sites for hydroxylation is 1. The Bertz CT molecular complexity index is 539. The number of benzene rings is 1. The van der Waals surface area contributed by atoms with Gasteiger partial charge < -0.3 is 9.64 Å². The maximum absolute atomic E-state index is 12.4. The van der Waals surface area contributed by atoms with E-state index in [1.165, 1.54) is 0 Å². The lowest BCUT2D eigenvalue weighted by molar-refractivity contribution is -0.127. The summed E-state index contributed by atoms with van der Waals surface area (Å²) in [6.07, 6.45) is 2.70. The molecule has 0 aliphatic carbocycles. The normalized spacial score (nSPS) is 18.1. The van der Waals surface area contributed by atoms with Crippen LogP contribution in [0.3, 0.4) is 0 Å². The van der Waals surface area contributed by atoms with E-state index in [-0.39, 0.29) is 18.2 Å². The van der Waals surface area contributed by atoms with Crippen LogP contribution in [0.4, 0.5) is 0 Å². The van der Waals surface area contributed by atoms with Crippen molar-refractivity contribution in [2.24, 2.45) is 5.92 Å². The van der Waals surface area contributed by atoms with Gasteiger partial charge in [0.15, 0.2) is 5.78 Å². The van der Waals surface area contributed by atoms with Crippen molar-refractivity contribution in [1.29, 1.82) is 0 Å². The Morgan fingerprint density at radius 2 is 2.19 bits per heavy atom. The number of carbonyl (C=O) groups excluding carboxylic acids is 2. The van der Waals surface area contributed by atoms with Crippen molar-refractivity contribution in [2.75, 3.05) is 20.2 Å². The first kappa shape index (κ1) is 15.5. The summed E-state index contributed by atoms with van der Waals surface area (Å²) < 4.78 is 5.27. The molecule has 1 aliphatic heterocycles. The molecule has 1 unspecified atom stereocenters. The molecule has 0 radical (unpaired) electrons. The zero-order valence-electron chi connectivity index (χ0n) is 13.0. The molecular weight excluding hydrogens is 266 g/mol. The molecule has 1 heterocycles. The lowest BCUT2D eigenvalue weighted by Crippen LogP contribution is -2.31. The quantitative estimate of drug-likeness (QED) is 0.757. The van der Waals surface area contributed by atoms with Crippen LogP contribution in [0.5, 0.6) is 5.75 Å². The van der Waals surface area contributed by atoms with Gasteiger partial charge in [-0.05, 0) is 37.0 Å². The predicted molar refractivity (Wildman–Crippen MR) is 81.7 cm³/mol. The number of hydrogen-bond acceptors (Lipinski definition) is 3. The molecule has 1 saturated heterocycles. The van der Waals surface area contributed by atoms with E-state index in [2.05, 4.69) is 6.92 Å². The SMILES string of the molecule is CCCC1CC(=O)N(CC(=O)c2ccc(C)cc2OC)C1. The minimum Gasteiger partial charge on any atom is -0.496 e. The Labute approximate surface area is 126 Å². The van der Waals surface area contributed by atoms with Crippen LogP contribution in [0.2, 0.25) is 0 Å². The summed E-state index contributed by atoms with van der Waals surface area (Å²) in [5.41, 5.74) is 1.60. The van der Waals surface area contributed by atoms with Crippen molar-refractivity contribution in [3.05, 3.63) is 29.3 Å². The second-order valence-electron chi connectivity index (χ2n) is 5.76. The number of Topliss-reactive ketones (excluding diaryl/α,β-unsaturated/α-hetero) is 1. The standard InChI is InChI=1S/C17H23NO3/c1-4-5-13-9-17(20)18(10-13)11-15(19)14-7-6-12(2)8-16(14)21-3/h6-8,13H,4-5,9-11H2,1-3H3. The third-order valence-electron chi connectivity index (χ3n) is 3.98. The van der Waals surface area contributed by atoms with Crippen molar-refractivity contribution in [2.45, 2.75) is 33.1 Å². The van der Waals surface area contributed by atoms with Gasteiger partial charge in [0.1, 0.15) is 5.75 Å².